The molecule has 5 heteroatoms. The number of carbonyl (C=O) groups excluding carboxylic acids is 2. The minimum Gasteiger partial charge on any atom is -0.484 e. The number of hydrogen-bond donors (Lipinski definition) is 1. The highest BCUT2D eigenvalue weighted by Crippen LogP contribution is 2.19. The van der Waals surface area contributed by atoms with Crippen molar-refractivity contribution in [3.8, 4) is 5.75 Å². The van der Waals surface area contributed by atoms with Crippen LogP contribution in [0.1, 0.15) is 57.6 Å². The Morgan fingerprint density at radius 2 is 1.67 bits per heavy atom. The van der Waals surface area contributed by atoms with Gasteiger partial charge in [0.1, 0.15) is 11.8 Å². The molecular weight excluding hydrogens is 376 g/mol. The molecule has 0 fully saturated rings. The zero-order chi connectivity index (χ0) is 21.9. The molecule has 2 rings (SSSR count). The normalized spacial score (nSPS) is 11.8. The summed E-state index contributed by atoms with van der Waals surface area (Å²) >= 11 is 0. The van der Waals surface area contributed by atoms with Crippen molar-refractivity contribution in [2.45, 2.75) is 59.0 Å². The van der Waals surface area contributed by atoms with E-state index in [1.165, 1.54) is 5.56 Å². The van der Waals surface area contributed by atoms with E-state index < -0.39 is 6.04 Å². The van der Waals surface area contributed by atoms with E-state index in [0.29, 0.717) is 24.8 Å². The maximum absolute atomic E-state index is 13.0. The largest absolute Gasteiger partial charge is 0.484 e. The van der Waals surface area contributed by atoms with Crippen molar-refractivity contribution in [3.63, 3.8) is 0 Å². The van der Waals surface area contributed by atoms with E-state index in [-0.39, 0.29) is 18.4 Å². The molecule has 0 aromatic heterocycles. The van der Waals surface area contributed by atoms with Crippen molar-refractivity contribution in [3.05, 3.63) is 65.7 Å². The second-order valence-electron chi connectivity index (χ2n) is 7.84. The first-order valence-corrected chi connectivity index (χ1v) is 10.8. The van der Waals surface area contributed by atoms with E-state index in [1.54, 1.807) is 11.8 Å². The first kappa shape index (κ1) is 23.5. The van der Waals surface area contributed by atoms with Crippen molar-refractivity contribution in [1.29, 1.82) is 0 Å². The van der Waals surface area contributed by atoms with E-state index in [4.69, 9.17) is 4.74 Å². The molecule has 0 radical (unpaired) electrons. The van der Waals surface area contributed by atoms with Crippen LogP contribution in [-0.2, 0) is 16.1 Å². The molecule has 0 bridgehead atoms. The van der Waals surface area contributed by atoms with Crippen LogP contribution in [0, 0.1) is 0 Å². The smallest absolute Gasteiger partial charge is 0.261 e. The number of amides is 2. The molecule has 30 heavy (non-hydrogen) atoms. The van der Waals surface area contributed by atoms with Crippen molar-refractivity contribution in [1.82, 2.24) is 10.2 Å². The molecule has 0 aliphatic heterocycles. The molecule has 0 aliphatic rings. The average Bonchev–Trinajstić information content (AvgIpc) is 2.76. The van der Waals surface area contributed by atoms with Gasteiger partial charge in [-0.2, -0.15) is 0 Å². The van der Waals surface area contributed by atoms with Crippen LogP contribution in [0.15, 0.2) is 54.6 Å². The minimum atomic E-state index is -0.582. The third-order valence-corrected chi connectivity index (χ3v) is 5.10. The lowest BCUT2D eigenvalue weighted by atomic mass is 10.0. The van der Waals surface area contributed by atoms with Crippen LogP contribution in [0.2, 0.25) is 0 Å². The Kier molecular flexibility index (Phi) is 9.39. The predicted octanol–water partition coefficient (Wildman–Crippen LogP) is 4.52. The lowest BCUT2D eigenvalue weighted by Gasteiger charge is -2.28. The molecule has 0 spiro atoms. The Morgan fingerprint density at radius 1 is 1.00 bits per heavy atom. The molecule has 1 atom stereocenters. The maximum Gasteiger partial charge on any atom is 0.261 e. The number of nitrogens with zero attached hydrogens (tertiary/aromatic N) is 1. The van der Waals surface area contributed by atoms with Gasteiger partial charge in [-0.15, -0.1) is 0 Å². The van der Waals surface area contributed by atoms with Crippen molar-refractivity contribution in [2.24, 2.45) is 0 Å². The highest BCUT2D eigenvalue weighted by Gasteiger charge is 2.26. The molecule has 2 amide bonds. The number of carbonyl (C=O) groups is 2. The molecular formula is C25H34N2O3. The van der Waals surface area contributed by atoms with Gasteiger partial charge in [-0.3, -0.25) is 9.59 Å². The van der Waals surface area contributed by atoms with Crippen LogP contribution in [0.4, 0.5) is 0 Å². The van der Waals surface area contributed by atoms with Gasteiger partial charge in [0.2, 0.25) is 5.91 Å². The van der Waals surface area contributed by atoms with Gasteiger partial charge in [0.05, 0.1) is 0 Å². The number of nitrogens with one attached hydrogen (secondary N) is 1. The van der Waals surface area contributed by atoms with Gasteiger partial charge in [0.25, 0.3) is 5.91 Å². The van der Waals surface area contributed by atoms with Crippen LogP contribution in [0.25, 0.3) is 0 Å². The van der Waals surface area contributed by atoms with Crippen LogP contribution >= 0.6 is 0 Å². The van der Waals surface area contributed by atoms with E-state index in [2.05, 4.69) is 26.1 Å². The number of benzene rings is 2. The minimum absolute atomic E-state index is 0.111. The third-order valence-electron chi connectivity index (χ3n) is 5.10. The molecule has 0 saturated carbocycles. The number of rotatable bonds is 11. The SMILES string of the molecule is CCCCNC(=O)C(C)N(Cc1ccccc1)C(=O)COc1ccc(C(C)C)cc1. The van der Waals surface area contributed by atoms with E-state index in [9.17, 15) is 9.59 Å². The molecule has 1 unspecified atom stereocenters. The topological polar surface area (TPSA) is 58.6 Å². The fraction of sp³-hybridized carbons (Fsp3) is 0.440. The Labute approximate surface area is 180 Å². The van der Waals surface area contributed by atoms with Crippen LogP contribution in [0.3, 0.4) is 0 Å². The summed E-state index contributed by atoms with van der Waals surface area (Å²) in [6.07, 6.45) is 1.92. The monoisotopic (exact) mass is 410 g/mol. The third kappa shape index (κ3) is 7.21. The highest BCUT2D eigenvalue weighted by atomic mass is 16.5. The van der Waals surface area contributed by atoms with Gasteiger partial charge in [0, 0.05) is 13.1 Å². The fourth-order valence-corrected chi connectivity index (χ4v) is 3.08. The van der Waals surface area contributed by atoms with Gasteiger partial charge in [-0.1, -0.05) is 69.7 Å². The van der Waals surface area contributed by atoms with Crippen molar-refractivity contribution >= 4 is 11.8 Å². The second kappa shape index (κ2) is 12.0. The summed E-state index contributed by atoms with van der Waals surface area (Å²) < 4.78 is 5.73. The van der Waals surface area contributed by atoms with E-state index in [0.717, 1.165) is 18.4 Å². The quantitative estimate of drug-likeness (QED) is 0.554. The van der Waals surface area contributed by atoms with Crippen molar-refractivity contribution < 1.29 is 14.3 Å². The van der Waals surface area contributed by atoms with Crippen LogP contribution in [-0.4, -0.2) is 35.9 Å². The zero-order valence-electron chi connectivity index (χ0n) is 18.6. The Morgan fingerprint density at radius 3 is 2.27 bits per heavy atom. The van der Waals surface area contributed by atoms with Gasteiger partial charge in [0.15, 0.2) is 6.61 Å². The first-order chi connectivity index (χ1) is 14.4. The number of ether oxygens (including phenoxy) is 1. The average molecular weight is 411 g/mol. The summed E-state index contributed by atoms with van der Waals surface area (Å²) in [6, 6.07) is 16.9. The Hall–Kier alpha value is -2.82. The number of hydrogen-bond acceptors (Lipinski definition) is 3. The molecule has 162 valence electrons. The molecule has 0 saturated heterocycles. The lowest BCUT2D eigenvalue weighted by Crippen LogP contribution is -2.49. The summed E-state index contributed by atoms with van der Waals surface area (Å²) in [5, 5.41) is 2.92. The first-order valence-electron chi connectivity index (χ1n) is 10.8. The maximum atomic E-state index is 13.0. The highest BCUT2D eigenvalue weighted by molar-refractivity contribution is 5.87. The summed E-state index contributed by atoms with van der Waals surface area (Å²) in [5.74, 6) is 0.723. The zero-order valence-corrected chi connectivity index (χ0v) is 18.6. The van der Waals surface area contributed by atoms with Crippen LogP contribution in [0.5, 0.6) is 5.75 Å². The van der Waals surface area contributed by atoms with Gasteiger partial charge in [-0.25, -0.2) is 0 Å². The molecule has 2 aromatic carbocycles. The van der Waals surface area contributed by atoms with Gasteiger partial charge >= 0.3 is 0 Å². The van der Waals surface area contributed by atoms with Gasteiger partial charge < -0.3 is 15.0 Å². The summed E-state index contributed by atoms with van der Waals surface area (Å²) in [6.45, 7) is 8.97. The molecule has 1 N–H and O–H groups in total. The standard InChI is InChI=1S/C25H34N2O3/c1-5-6-16-26-25(29)20(4)27(17-21-10-8-7-9-11-21)24(28)18-30-23-14-12-22(13-15-23)19(2)3/h7-15,19-20H,5-6,16-18H2,1-4H3,(H,26,29). The molecule has 2 aromatic rings. The molecule has 0 aliphatic carbocycles. The second-order valence-corrected chi connectivity index (χ2v) is 7.84. The molecule has 5 nitrogen and oxygen atoms in total. The predicted molar refractivity (Wildman–Crippen MR) is 120 cm³/mol. The van der Waals surface area contributed by atoms with Crippen molar-refractivity contribution in [2.75, 3.05) is 13.2 Å². The summed E-state index contributed by atoms with van der Waals surface area (Å²) in [5.41, 5.74) is 2.19. The molecule has 0 heterocycles. The summed E-state index contributed by atoms with van der Waals surface area (Å²) in [4.78, 5) is 27.2. The lowest BCUT2D eigenvalue weighted by molar-refractivity contribution is -0.142. The van der Waals surface area contributed by atoms with E-state index in [1.807, 2.05) is 54.6 Å². The van der Waals surface area contributed by atoms with Gasteiger partial charge in [-0.05, 0) is 42.5 Å². The number of unbranched alkanes of at least 4 members (excludes halogenated alkanes) is 1. The Balaban J connectivity index is 2.06. The van der Waals surface area contributed by atoms with E-state index >= 15 is 0 Å². The van der Waals surface area contributed by atoms with Crippen LogP contribution < -0.4 is 10.1 Å². The summed E-state index contributed by atoms with van der Waals surface area (Å²) in [7, 11) is 0. The Bertz CT molecular complexity index is 788. The fourth-order valence-electron chi connectivity index (χ4n) is 3.08.